The number of hydrogen-bond donors (Lipinski definition) is 1. The molecule has 0 aliphatic rings. The van der Waals surface area contributed by atoms with E-state index in [2.05, 4.69) is 5.32 Å². The normalized spacial score (nSPS) is 9.73. The maximum absolute atomic E-state index is 12.2. The average molecular weight is 354 g/mol. The molecule has 134 valence electrons. The molecule has 0 aliphatic heterocycles. The average Bonchev–Trinajstić information content (AvgIpc) is 2.69. The van der Waals surface area contributed by atoms with Gasteiger partial charge in [-0.05, 0) is 18.2 Å². The molecule has 0 radical (unpaired) electrons. The third-order valence-corrected chi connectivity index (χ3v) is 3.53. The first-order chi connectivity index (χ1) is 12.6. The third kappa shape index (κ3) is 4.98. The van der Waals surface area contributed by atoms with Crippen LogP contribution in [0, 0.1) is 11.3 Å². The van der Waals surface area contributed by atoms with E-state index < -0.39 is 11.9 Å². The maximum Gasteiger partial charge on any atom is 0.325 e. The zero-order valence-electron chi connectivity index (χ0n) is 14.4. The molecule has 0 saturated carbocycles. The fraction of sp³-hybridized carbons (Fsp3) is 0.211. The number of amides is 1. The van der Waals surface area contributed by atoms with Crippen LogP contribution in [-0.4, -0.2) is 32.6 Å². The van der Waals surface area contributed by atoms with E-state index in [0.717, 1.165) is 0 Å². The molecule has 0 atom stereocenters. The van der Waals surface area contributed by atoms with Crippen molar-refractivity contribution in [3.63, 3.8) is 0 Å². The number of esters is 1. The van der Waals surface area contributed by atoms with Gasteiger partial charge in [0.25, 0.3) is 5.91 Å². The third-order valence-electron chi connectivity index (χ3n) is 3.53. The van der Waals surface area contributed by atoms with Crippen LogP contribution in [0.2, 0.25) is 0 Å². The lowest BCUT2D eigenvalue weighted by molar-refractivity contribution is -0.143. The summed E-state index contributed by atoms with van der Waals surface area (Å²) in [6.07, 6.45) is 0. The first-order valence-corrected chi connectivity index (χ1v) is 7.72. The zero-order chi connectivity index (χ0) is 18.9. The highest BCUT2D eigenvalue weighted by Gasteiger charge is 2.12. The summed E-state index contributed by atoms with van der Waals surface area (Å²) in [5.41, 5.74) is 1.34. The van der Waals surface area contributed by atoms with Gasteiger partial charge < -0.3 is 19.5 Å². The summed E-state index contributed by atoms with van der Waals surface area (Å²) in [5.74, 6) is -0.145. The van der Waals surface area contributed by atoms with Crippen molar-refractivity contribution in [3.05, 3.63) is 59.2 Å². The minimum absolute atomic E-state index is 0.0363. The van der Waals surface area contributed by atoms with Crippen molar-refractivity contribution in [1.29, 1.82) is 5.26 Å². The zero-order valence-corrected chi connectivity index (χ0v) is 14.4. The molecule has 0 bridgehead atoms. The summed E-state index contributed by atoms with van der Waals surface area (Å²) >= 11 is 0. The van der Waals surface area contributed by atoms with Gasteiger partial charge in [0.1, 0.15) is 24.7 Å². The molecular formula is C19H18N2O5. The summed E-state index contributed by atoms with van der Waals surface area (Å²) in [6.45, 7) is -0.335. The van der Waals surface area contributed by atoms with Crippen molar-refractivity contribution < 1.29 is 23.8 Å². The highest BCUT2D eigenvalue weighted by molar-refractivity contribution is 5.96. The Labute approximate surface area is 151 Å². The van der Waals surface area contributed by atoms with Gasteiger partial charge in [0.15, 0.2) is 0 Å². The fourth-order valence-electron chi connectivity index (χ4n) is 2.16. The molecule has 0 heterocycles. The van der Waals surface area contributed by atoms with Crippen LogP contribution >= 0.6 is 0 Å². The van der Waals surface area contributed by atoms with Crippen LogP contribution in [0.4, 0.5) is 0 Å². The van der Waals surface area contributed by atoms with E-state index in [4.69, 9.17) is 19.5 Å². The van der Waals surface area contributed by atoms with Gasteiger partial charge in [-0.25, -0.2) is 0 Å². The topological polar surface area (TPSA) is 97.7 Å². The van der Waals surface area contributed by atoms with E-state index in [9.17, 15) is 9.59 Å². The van der Waals surface area contributed by atoms with Gasteiger partial charge in [-0.1, -0.05) is 18.2 Å². The van der Waals surface area contributed by atoms with E-state index >= 15 is 0 Å². The number of benzene rings is 2. The fourth-order valence-corrected chi connectivity index (χ4v) is 2.16. The van der Waals surface area contributed by atoms with Crippen LogP contribution in [-0.2, 0) is 16.1 Å². The largest absolute Gasteiger partial charge is 0.497 e. The van der Waals surface area contributed by atoms with Crippen LogP contribution in [0.25, 0.3) is 0 Å². The second kappa shape index (κ2) is 9.08. The molecule has 0 fully saturated rings. The van der Waals surface area contributed by atoms with Gasteiger partial charge in [0.2, 0.25) is 0 Å². The van der Waals surface area contributed by atoms with Gasteiger partial charge >= 0.3 is 5.97 Å². The van der Waals surface area contributed by atoms with Crippen molar-refractivity contribution in [2.75, 3.05) is 20.8 Å². The Balaban J connectivity index is 1.91. The number of hydrogen-bond acceptors (Lipinski definition) is 6. The Hall–Kier alpha value is -3.53. The first-order valence-electron chi connectivity index (χ1n) is 7.72. The van der Waals surface area contributed by atoms with Gasteiger partial charge in [0, 0.05) is 17.2 Å². The maximum atomic E-state index is 12.2. The molecular weight excluding hydrogens is 336 g/mol. The van der Waals surface area contributed by atoms with E-state index in [1.54, 1.807) is 30.3 Å². The van der Waals surface area contributed by atoms with Crippen molar-refractivity contribution in [2.45, 2.75) is 6.61 Å². The minimum atomic E-state index is -0.610. The van der Waals surface area contributed by atoms with Crippen LogP contribution in [0.15, 0.2) is 42.5 Å². The Bertz CT molecular complexity index is 820. The van der Waals surface area contributed by atoms with Crippen molar-refractivity contribution >= 4 is 11.9 Å². The molecule has 1 amide bonds. The van der Waals surface area contributed by atoms with E-state index in [0.29, 0.717) is 28.2 Å². The lowest BCUT2D eigenvalue weighted by atomic mass is 10.1. The molecule has 2 aromatic rings. The number of nitriles is 1. The standard InChI is InChI=1S/C19H18N2O5/c1-24-16-7-15(8-17(9-16)25-2)19(23)21-11-18(22)26-12-14-6-4-3-5-13(14)10-20/h3-9H,11-12H2,1-2H3,(H,21,23). The molecule has 7 nitrogen and oxygen atoms in total. The monoisotopic (exact) mass is 354 g/mol. The van der Waals surface area contributed by atoms with E-state index in [1.807, 2.05) is 6.07 Å². The summed E-state index contributed by atoms with van der Waals surface area (Å²) in [6, 6.07) is 13.6. The van der Waals surface area contributed by atoms with E-state index in [1.165, 1.54) is 26.4 Å². The van der Waals surface area contributed by atoms with Crippen LogP contribution in [0.5, 0.6) is 11.5 Å². The van der Waals surface area contributed by atoms with Gasteiger partial charge in [-0.15, -0.1) is 0 Å². The molecule has 0 saturated heterocycles. The first kappa shape index (κ1) is 18.8. The molecule has 0 aliphatic carbocycles. The molecule has 0 unspecified atom stereocenters. The van der Waals surface area contributed by atoms with Crippen LogP contribution in [0.3, 0.4) is 0 Å². The predicted molar refractivity (Wildman–Crippen MR) is 92.8 cm³/mol. The lowest BCUT2D eigenvalue weighted by Crippen LogP contribution is -2.30. The Kier molecular flexibility index (Phi) is 6.57. The van der Waals surface area contributed by atoms with Crippen LogP contribution in [0.1, 0.15) is 21.5 Å². The Morgan fingerprint density at radius 2 is 1.73 bits per heavy atom. The predicted octanol–water partition coefficient (Wildman–Crippen LogP) is 2.05. The van der Waals surface area contributed by atoms with Crippen molar-refractivity contribution in [3.8, 4) is 17.6 Å². The van der Waals surface area contributed by atoms with Crippen molar-refractivity contribution in [2.24, 2.45) is 0 Å². The summed E-state index contributed by atoms with van der Waals surface area (Å²) in [7, 11) is 2.96. The highest BCUT2D eigenvalue weighted by atomic mass is 16.5. The van der Waals surface area contributed by atoms with Crippen LogP contribution < -0.4 is 14.8 Å². The Morgan fingerprint density at radius 1 is 1.08 bits per heavy atom. The number of carbonyl (C=O) groups is 2. The summed E-state index contributed by atoms with van der Waals surface area (Å²) in [5, 5.41) is 11.5. The number of methoxy groups -OCH3 is 2. The number of carbonyl (C=O) groups excluding carboxylic acids is 2. The Morgan fingerprint density at radius 3 is 2.35 bits per heavy atom. The van der Waals surface area contributed by atoms with E-state index in [-0.39, 0.29) is 13.2 Å². The molecule has 7 heteroatoms. The van der Waals surface area contributed by atoms with Gasteiger partial charge in [-0.3, -0.25) is 9.59 Å². The molecule has 2 aromatic carbocycles. The number of rotatable bonds is 7. The minimum Gasteiger partial charge on any atom is -0.497 e. The molecule has 26 heavy (non-hydrogen) atoms. The summed E-state index contributed by atoms with van der Waals surface area (Å²) < 4.78 is 15.3. The summed E-state index contributed by atoms with van der Waals surface area (Å²) in [4.78, 5) is 24.0. The smallest absolute Gasteiger partial charge is 0.325 e. The SMILES string of the molecule is COc1cc(OC)cc(C(=O)NCC(=O)OCc2ccccc2C#N)c1. The molecule has 1 N–H and O–H groups in total. The van der Waals surface area contributed by atoms with Gasteiger partial charge in [-0.2, -0.15) is 5.26 Å². The molecule has 0 aromatic heterocycles. The van der Waals surface area contributed by atoms with Crippen molar-refractivity contribution in [1.82, 2.24) is 5.32 Å². The lowest BCUT2D eigenvalue weighted by Gasteiger charge is -2.10. The molecule has 0 spiro atoms. The number of ether oxygens (including phenoxy) is 3. The second-order valence-electron chi connectivity index (χ2n) is 5.21. The number of nitrogens with zero attached hydrogens (tertiary/aromatic N) is 1. The quantitative estimate of drug-likeness (QED) is 0.764. The number of nitrogens with one attached hydrogen (secondary N) is 1. The highest BCUT2D eigenvalue weighted by Crippen LogP contribution is 2.22. The second-order valence-corrected chi connectivity index (χ2v) is 5.21. The molecule has 2 rings (SSSR count). The van der Waals surface area contributed by atoms with Gasteiger partial charge in [0.05, 0.1) is 25.9 Å².